The van der Waals surface area contributed by atoms with Crippen LogP contribution >= 0.6 is 0 Å². The summed E-state index contributed by atoms with van der Waals surface area (Å²) in [5, 5.41) is 2.97. The lowest BCUT2D eigenvalue weighted by atomic mass is 9.98. The number of ether oxygens (including phenoxy) is 1. The van der Waals surface area contributed by atoms with Crippen LogP contribution in [0, 0.1) is 18.8 Å². The maximum atomic E-state index is 12.2. The molecule has 1 saturated heterocycles. The molecule has 2 atom stereocenters. The third-order valence-corrected chi connectivity index (χ3v) is 6.06. The van der Waals surface area contributed by atoms with Crippen LogP contribution in [-0.4, -0.2) is 50.6 Å². The van der Waals surface area contributed by atoms with Crippen molar-refractivity contribution in [1.29, 1.82) is 0 Å². The van der Waals surface area contributed by atoms with Crippen molar-refractivity contribution in [2.75, 3.05) is 26.0 Å². The van der Waals surface area contributed by atoms with Crippen LogP contribution in [0.15, 0.2) is 24.3 Å². The highest BCUT2D eigenvalue weighted by Crippen LogP contribution is 2.41. The van der Waals surface area contributed by atoms with Gasteiger partial charge in [-0.15, -0.1) is 0 Å². The van der Waals surface area contributed by atoms with Gasteiger partial charge in [0.05, 0.1) is 6.26 Å². The second-order valence-corrected chi connectivity index (χ2v) is 8.79. The normalized spacial score (nSPS) is 24.8. The minimum Gasteiger partial charge on any atom is -0.484 e. The smallest absolute Gasteiger partial charge is 0.258 e. The van der Waals surface area contributed by atoms with Crippen LogP contribution in [0.1, 0.15) is 18.4 Å². The predicted molar refractivity (Wildman–Crippen MR) is 91.2 cm³/mol. The van der Waals surface area contributed by atoms with E-state index in [0.717, 1.165) is 18.4 Å². The fourth-order valence-electron chi connectivity index (χ4n) is 3.33. The van der Waals surface area contributed by atoms with Gasteiger partial charge in [0.25, 0.3) is 5.91 Å². The summed E-state index contributed by atoms with van der Waals surface area (Å²) in [4.78, 5) is 12.2. The first-order valence-corrected chi connectivity index (χ1v) is 10.1. The summed E-state index contributed by atoms with van der Waals surface area (Å²) in [6, 6.07) is 7.42. The molecule has 1 aliphatic carbocycles. The summed E-state index contributed by atoms with van der Waals surface area (Å²) in [5.74, 6) is 1.22. The molecular formula is C17H24N2O4S. The summed E-state index contributed by atoms with van der Waals surface area (Å²) in [6.45, 7) is 2.73. The highest BCUT2D eigenvalue weighted by molar-refractivity contribution is 7.88. The Balaban J connectivity index is 1.57. The van der Waals surface area contributed by atoms with Crippen molar-refractivity contribution in [3.63, 3.8) is 0 Å². The monoisotopic (exact) mass is 352 g/mol. The van der Waals surface area contributed by atoms with Crippen LogP contribution in [0.4, 0.5) is 0 Å². The number of benzene rings is 1. The number of amides is 1. The summed E-state index contributed by atoms with van der Waals surface area (Å²) in [7, 11) is -3.22. The molecule has 24 heavy (non-hydrogen) atoms. The van der Waals surface area contributed by atoms with Gasteiger partial charge < -0.3 is 10.1 Å². The second kappa shape index (κ2) is 6.72. The maximum Gasteiger partial charge on any atom is 0.258 e. The van der Waals surface area contributed by atoms with Gasteiger partial charge in [-0.2, -0.15) is 4.31 Å². The first kappa shape index (κ1) is 17.2. The Bertz CT molecular complexity index is 715. The number of hydrogen-bond acceptors (Lipinski definition) is 4. The van der Waals surface area contributed by atoms with Crippen molar-refractivity contribution >= 4 is 15.9 Å². The van der Waals surface area contributed by atoms with Gasteiger partial charge in [0.1, 0.15) is 5.75 Å². The quantitative estimate of drug-likeness (QED) is 0.834. The summed E-state index contributed by atoms with van der Waals surface area (Å²) in [5.41, 5.74) is 0.977. The maximum absolute atomic E-state index is 12.2. The van der Waals surface area contributed by atoms with Crippen LogP contribution in [0.3, 0.4) is 0 Å². The Labute approximate surface area is 143 Å². The SMILES string of the molecule is Cc1ccccc1OCC(=O)N[C@@H]1CN(S(C)(=O)=O)C[C@H]1C1CC1. The van der Waals surface area contributed by atoms with Crippen molar-refractivity contribution in [2.45, 2.75) is 25.8 Å². The molecule has 2 aliphatic rings. The number of rotatable bonds is 6. The number of para-hydroxylation sites is 1. The summed E-state index contributed by atoms with van der Waals surface area (Å²) in [6.07, 6.45) is 3.46. The van der Waals surface area contributed by atoms with E-state index in [2.05, 4.69) is 5.32 Å². The Kier molecular flexibility index (Phi) is 4.83. The Morgan fingerprint density at radius 2 is 2.00 bits per heavy atom. The van der Waals surface area contributed by atoms with Crippen molar-refractivity contribution < 1.29 is 17.9 Å². The molecule has 0 bridgehead atoms. The van der Waals surface area contributed by atoms with E-state index < -0.39 is 10.0 Å². The van der Waals surface area contributed by atoms with E-state index >= 15 is 0 Å². The lowest BCUT2D eigenvalue weighted by molar-refractivity contribution is -0.124. The van der Waals surface area contributed by atoms with Crippen LogP contribution in [0.25, 0.3) is 0 Å². The van der Waals surface area contributed by atoms with Gasteiger partial charge in [0.2, 0.25) is 10.0 Å². The molecule has 3 rings (SSSR count). The van der Waals surface area contributed by atoms with E-state index in [1.165, 1.54) is 10.6 Å². The van der Waals surface area contributed by atoms with Crippen LogP contribution in [0.5, 0.6) is 5.75 Å². The van der Waals surface area contributed by atoms with Gasteiger partial charge in [0, 0.05) is 19.1 Å². The molecule has 7 heteroatoms. The molecule has 2 fully saturated rings. The molecule has 0 spiro atoms. The molecule has 0 aromatic heterocycles. The summed E-state index contributed by atoms with van der Waals surface area (Å²) < 4.78 is 30.6. The van der Waals surface area contributed by atoms with Crippen LogP contribution in [0.2, 0.25) is 0 Å². The van der Waals surface area contributed by atoms with E-state index in [9.17, 15) is 13.2 Å². The highest BCUT2D eigenvalue weighted by atomic mass is 32.2. The van der Waals surface area contributed by atoms with Crippen molar-refractivity contribution in [2.24, 2.45) is 11.8 Å². The van der Waals surface area contributed by atoms with Crippen molar-refractivity contribution in [1.82, 2.24) is 9.62 Å². The summed E-state index contributed by atoms with van der Waals surface area (Å²) >= 11 is 0. The van der Waals surface area contributed by atoms with E-state index in [0.29, 0.717) is 24.8 Å². The number of aryl methyl sites for hydroxylation is 1. The number of nitrogens with zero attached hydrogens (tertiary/aromatic N) is 1. The molecule has 1 heterocycles. The van der Waals surface area contributed by atoms with E-state index in [1.54, 1.807) is 0 Å². The lowest BCUT2D eigenvalue weighted by Crippen LogP contribution is -2.43. The zero-order valence-electron chi connectivity index (χ0n) is 14.1. The Morgan fingerprint density at radius 1 is 1.29 bits per heavy atom. The van der Waals surface area contributed by atoms with Crippen molar-refractivity contribution in [3.8, 4) is 5.75 Å². The highest BCUT2D eigenvalue weighted by Gasteiger charge is 2.45. The van der Waals surface area contributed by atoms with Gasteiger partial charge in [-0.05, 0) is 43.2 Å². The number of sulfonamides is 1. The number of carbonyl (C=O) groups is 1. The number of hydrogen-bond donors (Lipinski definition) is 1. The molecule has 0 unspecified atom stereocenters. The van der Waals surface area contributed by atoms with Crippen LogP contribution < -0.4 is 10.1 Å². The molecular weight excluding hydrogens is 328 g/mol. The third-order valence-electron chi connectivity index (χ3n) is 4.83. The topological polar surface area (TPSA) is 75.7 Å². The average molecular weight is 352 g/mol. The molecule has 1 saturated carbocycles. The predicted octanol–water partition coefficient (Wildman–Crippen LogP) is 1.16. The minimum atomic E-state index is -3.22. The molecule has 1 aromatic carbocycles. The lowest BCUT2D eigenvalue weighted by Gasteiger charge is -2.19. The third kappa shape index (κ3) is 4.08. The van der Waals surface area contributed by atoms with Gasteiger partial charge in [-0.1, -0.05) is 18.2 Å². The Hall–Kier alpha value is -1.60. The molecule has 1 aliphatic heterocycles. The number of nitrogens with one attached hydrogen (secondary N) is 1. The first-order chi connectivity index (χ1) is 11.3. The fraction of sp³-hybridized carbons (Fsp3) is 0.588. The van der Waals surface area contributed by atoms with Gasteiger partial charge in [-0.3, -0.25) is 4.79 Å². The van der Waals surface area contributed by atoms with E-state index in [4.69, 9.17) is 4.74 Å². The minimum absolute atomic E-state index is 0.0579. The standard InChI is InChI=1S/C17H24N2O4S/c1-12-5-3-4-6-16(12)23-11-17(20)18-15-10-19(24(2,21)22)9-14(15)13-7-8-13/h3-6,13-15H,7-11H2,1-2H3,(H,18,20)/t14-,15+/m0/s1. The molecule has 1 N–H and O–H groups in total. The second-order valence-electron chi connectivity index (χ2n) is 6.81. The van der Waals surface area contributed by atoms with E-state index in [-0.39, 0.29) is 24.5 Å². The van der Waals surface area contributed by atoms with Gasteiger partial charge in [0.15, 0.2) is 6.61 Å². The zero-order valence-corrected chi connectivity index (χ0v) is 14.9. The van der Waals surface area contributed by atoms with E-state index in [1.807, 2.05) is 31.2 Å². The van der Waals surface area contributed by atoms with Crippen LogP contribution in [-0.2, 0) is 14.8 Å². The fourth-order valence-corrected chi connectivity index (χ4v) is 4.20. The zero-order chi connectivity index (χ0) is 17.3. The van der Waals surface area contributed by atoms with Gasteiger partial charge >= 0.3 is 0 Å². The number of carbonyl (C=O) groups excluding carboxylic acids is 1. The molecule has 1 amide bonds. The largest absolute Gasteiger partial charge is 0.484 e. The van der Waals surface area contributed by atoms with Crippen molar-refractivity contribution in [3.05, 3.63) is 29.8 Å². The molecule has 1 aromatic rings. The first-order valence-electron chi connectivity index (χ1n) is 8.27. The Morgan fingerprint density at radius 3 is 2.62 bits per heavy atom. The molecule has 0 radical (unpaired) electrons. The average Bonchev–Trinajstić information content (AvgIpc) is 3.26. The van der Waals surface area contributed by atoms with Gasteiger partial charge in [-0.25, -0.2) is 8.42 Å². The molecule has 132 valence electrons. The molecule has 6 nitrogen and oxygen atoms in total.